The van der Waals surface area contributed by atoms with Crippen molar-refractivity contribution in [1.82, 2.24) is 4.90 Å². The zero-order valence-electron chi connectivity index (χ0n) is 21.4. The van der Waals surface area contributed by atoms with Gasteiger partial charge in [-0.25, -0.2) is 0 Å². The quantitative estimate of drug-likeness (QED) is 0.254. The monoisotopic (exact) mass is 559 g/mol. The molecule has 1 aromatic heterocycles. The van der Waals surface area contributed by atoms with E-state index >= 15 is 0 Å². The number of hydrogen-bond donors (Lipinski definition) is 1. The SMILES string of the molecule is Cc1ccc(C(=O)N2CCN(c3c(Cl)cccc3NC(=O)/C=C/c3ccc(-c4ccc(Cl)cc4)o3)CC2)cc1. The summed E-state index contributed by atoms with van der Waals surface area (Å²) in [5, 5.41) is 4.13. The van der Waals surface area contributed by atoms with Crippen LogP contribution < -0.4 is 10.2 Å². The summed E-state index contributed by atoms with van der Waals surface area (Å²) in [5.74, 6) is 0.945. The number of benzene rings is 3. The Labute approximate surface area is 237 Å². The van der Waals surface area contributed by atoms with Crippen molar-refractivity contribution < 1.29 is 14.0 Å². The van der Waals surface area contributed by atoms with E-state index in [1.165, 1.54) is 6.08 Å². The summed E-state index contributed by atoms with van der Waals surface area (Å²) in [6.45, 7) is 4.30. The summed E-state index contributed by atoms with van der Waals surface area (Å²) >= 11 is 12.5. The van der Waals surface area contributed by atoms with Gasteiger partial charge in [0.15, 0.2) is 0 Å². The number of hydrogen-bond acceptors (Lipinski definition) is 4. The average molecular weight is 560 g/mol. The Kier molecular flexibility index (Phi) is 8.05. The van der Waals surface area contributed by atoms with Crippen molar-refractivity contribution in [2.45, 2.75) is 6.92 Å². The van der Waals surface area contributed by atoms with Crippen molar-refractivity contribution >= 4 is 52.5 Å². The first-order valence-corrected chi connectivity index (χ1v) is 13.4. The zero-order valence-corrected chi connectivity index (χ0v) is 22.9. The van der Waals surface area contributed by atoms with E-state index in [2.05, 4.69) is 10.2 Å². The number of amides is 2. The lowest BCUT2D eigenvalue weighted by atomic mass is 10.1. The highest BCUT2D eigenvalue weighted by Gasteiger charge is 2.25. The number of carbonyl (C=O) groups excluding carboxylic acids is 2. The van der Waals surface area contributed by atoms with E-state index < -0.39 is 0 Å². The number of rotatable bonds is 6. The predicted molar refractivity (Wildman–Crippen MR) is 158 cm³/mol. The van der Waals surface area contributed by atoms with E-state index in [1.54, 1.807) is 36.4 Å². The zero-order chi connectivity index (χ0) is 27.4. The van der Waals surface area contributed by atoms with Crippen molar-refractivity contribution in [3.05, 3.63) is 112 Å². The lowest BCUT2D eigenvalue weighted by molar-refractivity contribution is -0.111. The van der Waals surface area contributed by atoms with Gasteiger partial charge in [0, 0.05) is 48.4 Å². The number of aryl methyl sites for hydroxylation is 1. The number of furan rings is 1. The summed E-state index contributed by atoms with van der Waals surface area (Å²) in [4.78, 5) is 29.7. The van der Waals surface area contributed by atoms with E-state index in [-0.39, 0.29) is 11.8 Å². The molecule has 0 spiro atoms. The van der Waals surface area contributed by atoms with Gasteiger partial charge < -0.3 is 19.5 Å². The molecule has 1 aliphatic heterocycles. The first kappa shape index (κ1) is 26.6. The Morgan fingerprint density at radius 3 is 2.31 bits per heavy atom. The molecular formula is C31H27Cl2N3O3. The highest BCUT2D eigenvalue weighted by Crippen LogP contribution is 2.35. The van der Waals surface area contributed by atoms with Crippen LogP contribution in [0.1, 0.15) is 21.7 Å². The highest BCUT2D eigenvalue weighted by atomic mass is 35.5. The fourth-order valence-corrected chi connectivity index (χ4v) is 4.91. The Morgan fingerprint density at radius 1 is 0.872 bits per heavy atom. The summed E-state index contributed by atoms with van der Waals surface area (Å²) in [7, 11) is 0. The second-order valence-corrected chi connectivity index (χ2v) is 10.2. The fraction of sp³-hybridized carbons (Fsp3) is 0.161. The Balaban J connectivity index is 1.23. The smallest absolute Gasteiger partial charge is 0.253 e. The van der Waals surface area contributed by atoms with Gasteiger partial charge in [0.2, 0.25) is 5.91 Å². The Hall–Kier alpha value is -4.00. The van der Waals surface area contributed by atoms with Gasteiger partial charge in [-0.15, -0.1) is 0 Å². The molecule has 198 valence electrons. The molecule has 39 heavy (non-hydrogen) atoms. The summed E-state index contributed by atoms with van der Waals surface area (Å²) in [6, 6.07) is 24.0. The second kappa shape index (κ2) is 11.8. The number of para-hydroxylation sites is 1. The molecule has 4 aromatic rings. The second-order valence-electron chi connectivity index (χ2n) is 9.31. The van der Waals surface area contributed by atoms with Crippen LogP contribution in [0, 0.1) is 6.92 Å². The van der Waals surface area contributed by atoms with E-state index in [0.29, 0.717) is 59.0 Å². The first-order chi connectivity index (χ1) is 18.9. The lowest BCUT2D eigenvalue weighted by Crippen LogP contribution is -2.49. The normalized spacial score (nSPS) is 13.6. The van der Waals surface area contributed by atoms with Gasteiger partial charge in [0.25, 0.3) is 5.91 Å². The maximum absolute atomic E-state index is 12.9. The molecule has 2 amide bonds. The van der Waals surface area contributed by atoms with E-state index in [1.807, 2.05) is 60.4 Å². The third-order valence-electron chi connectivity index (χ3n) is 6.58. The van der Waals surface area contributed by atoms with Gasteiger partial charge in [0.05, 0.1) is 16.4 Å². The number of carbonyl (C=O) groups is 2. The van der Waals surface area contributed by atoms with Gasteiger partial charge in [0.1, 0.15) is 11.5 Å². The number of piperazine rings is 1. The van der Waals surface area contributed by atoms with Gasteiger partial charge in [-0.2, -0.15) is 0 Å². The predicted octanol–water partition coefficient (Wildman–Crippen LogP) is 7.18. The van der Waals surface area contributed by atoms with Crippen LogP contribution in [0.15, 0.2) is 89.4 Å². The Morgan fingerprint density at radius 2 is 1.59 bits per heavy atom. The number of anilines is 2. The molecule has 0 unspecified atom stereocenters. The van der Waals surface area contributed by atoms with Crippen LogP contribution >= 0.6 is 23.2 Å². The molecule has 2 heterocycles. The third kappa shape index (κ3) is 6.36. The largest absolute Gasteiger partial charge is 0.457 e. The molecule has 0 aliphatic carbocycles. The molecule has 0 atom stereocenters. The minimum absolute atomic E-state index is 0.0182. The molecule has 1 saturated heterocycles. The van der Waals surface area contributed by atoms with E-state index in [4.69, 9.17) is 27.6 Å². The van der Waals surface area contributed by atoms with Gasteiger partial charge >= 0.3 is 0 Å². The minimum atomic E-state index is -0.309. The molecule has 0 bridgehead atoms. The minimum Gasteiger partial charge on any atom is -0.457 e. The van der Waals surface area contributed by atoms with Gasteiger partial charge in [-0.05, 0) is 73.7 Å². The maximum Gasteiger partial charge on any atom is 0.253 e. The van der Waals surface area contributed by atoms with Crippen molar-refractivity contribution in [3.63, 3.8) is 0 Å². The van der Waals surface area contributed by atoms with Crippen molar-refractivity contribution in [2.24, 2.45) is 0 Å². The Bertz CT molecular complexity index is 1500. The maximum atomic E-state index is 12.9. The summed E-state index contributed by atoms with van der Waals surface area (Å²) < 4.78 is 5.84. The fourth-order valence-electron chi connectivity index (χ4n) is 4.49. The van der Waals surface area contributed by atoms with Crippen molar-refractivity contribution in [3.8, 4) is 11.3 Å². The van der Waals surface area contributed by atoms with Crippen molar-refractivity contribution in [2.75, 3.05) is 36.4 Å². The summed E-state index contributed by atoms with van der Waals surface area (Å²) in [5.41, 5.74) is 4.05. The molecular weight excluding hydrogens is 533 g/mol. The summed E-state index contributed by atoms with van der Waals surface area (Å²) in [6.07, 6.45) is 3.04. The first-order valence-electron chi connectivity index (χ1n) is 12.6. The third-order valence-corrected chi connectivity index (χ3v) is 7.14. The van der Waals surface area contributed by atoms with Crippen LogP contribution in [0.4, 0.5) is 11.4 Å². The van der Waals surface area contributed by atoms with Gasteiger partial charge in [-0.3, -0.25) is 9.59 Å². The van der Waals surface area contributed by atoms with E-state index in [9.17, 15) is 9.59 Å². The molecule has 8 heteroatoms. The van der Waals surface area contributed by atoms with E-state index in [0.717, 1.165) is 16.8 Å². The highest BCUT2D eigenvalue weighted by molar-refractivity contribution is 6.34. The molecule has 3 aromatic carbocycles. The topological polar surface area (TPSA) is 65.8 Å². The van der Waals surface area contributed by atoms with Crippen LogP contribution in [0.2, 0.25) is 10.0 Å². The molecule has 1 fully saturated rings. The number of halogens is 2. The molecule has 1 aliphatic rings. The molecule has 0 saturated carbocycles. The van der Waals surface area contributed by atoms with Crippen LogP contribution in [0.5, 0.6) is 0 Å². The molecule has 6 nitrogen and oxygen atoms in total. The van der Waals surface area contributed by atoms with Crippen molar-refractivity contribution in [1.29, 1.82) is 0 Å². The average Bonchev–Trinajstić information content (AvgIpc) is 3.42. The van der Waals surface area contributed by atoms with Crippen LogP contribution in [-0.4, -0.2) is 42.9 Å². The molecule has 0 radical (unpaired) electrons. The van der Waals surface area contributed by atoms with Crippen LogP contribution in [0.3, 0.4) is 0 Å². The molecule has 5 rings (SSSR count). The number of nitrogens with zero attached hydrogens (tertiary/aromatic N) is 2. The van der Waals surface area contributed by atoms with Crippen LogP contribution in [-0.2, 0) is 4.79 Å². The number of nitrogens with one attached hydrogen (secondary N) is 1. The lowest BCUT2D eigenvalue weighted by Gasteiger charge is -2.37. The molecule has 1 N–H and O–H groups in total. The van der Waals surface area contributed by atoms with Crippen LogP contribution in [0.25, 0.3) is 17.4 Å². The van der Waals surface area contributed by atoms with Gasteiger partial charge in [-0.1, -0.05) is 47.0 Å². The standard InChI is InChI=1S/C31H27Cl2N3O3/c1-21-5-7-23(8-6-21)31(38)36-19-17-35(18-20-36)30-26(33)3-2-4-27(30)34-29(37)16-14-25-13-15-28(39-25)22-9-11-24(32)12-10-22/h2-16H,17-20H2,1H3,(H,34,37)/b16-14+.